The summed E-state index contributed by atoms with van der Waals surface area (Å²) in [6.45, 7) is 2.42. The molecule has 1 saturated heterocycles. The number of methoxy groups -OCH3 is 1. The van der Waals surface area contributed by atoms with Crippen molar-refractivity contribution in [3.63, 3.8) is 0 Å². The van der Waals surface area contributed by atoms with E-state index in [2.05, 4.69) is 10.4 Å². The standard InChI is InChI=1S/C23H25N5O3/c1-23(18-8-7-11-20(12-18)31-3)21(29)27(22(30)25-23)16-26(2)14-17-13-24-28(15-17)19-9-5-4-6-10-19/h4-13,15H,14,16H2,1-3H3,(H,25,30)/t23-/m0/s1. The highest BCUT2D eigenvalue weighted by Crippen LogP contribution is 2.31. The summed E-state index contributed by atoms with van der Waals surface area (Å²) in [4.78, 5) is 28.9. The van der Waals surface area contributed by atoms with Crippen molar-refractivity contribution in [3.8, 4) is 11.4 Å². The number of imide groups is 1. The van der Waals surface area contributed by atoms with Gasteiger partial charge in [-0.2, -0.15) is 5.10 Å². The molecule has 1 aliphatic heterocycles. The average Bonchev–Trinajstić information content (AvgIpc) is 3.33. The number of urea groups is 1. The quantitative estimate of drug-likeness (QED) is 0.596. The molecule has 0 bridgehead atoms. The van der Waals surface area contributed by atoms with Crippen LogP contribution in [0.5, 0.6) is 5.75 Å². The molecule has 0 unspecified atom stereocenters. The lowest BCUT2D eigenvalue weighted by Crippen LogP contribution is -2.42. The summed E-state index contributed by atoms with van der Waals surface area (Å²) in [7, 11) is 3.43. The lowest BCUT2D eigenvalue weighted by molar-refractivity contribution is -0.132. The van der Waals surface area contributed by atoms with Crippen molar-refractivity contribution in [2.45, 2.75) is 19.0 Å². The molecule has 1 N–H and O–H groups in total. The molecule has 0 spiro atoms. The molecule has 1 fully saturated rings. The van der Waals surface area contributed by atoms with E-state index in [1.165, 1.54) is 4.90 Å². The number of aromatic nitrogens is 2. The molecule has 1 atom stereocenters. The van der Waals surface area contributed by atoms with Gasteiger partial charge in [-0.25, -0.2) is 14.4 Å². The molecule has 0 radical (unpaired) electrons. The number of para-hydroxylation sites is 1. The van der Waals surface area contributed by atoms with Gasteiger partial charge in [-0.1, -0.05) is 30.3 Å². The van der Waals surface area contributed by atoms with E-state index in [-0.39, 0.29) is 12.6 Å². The van der Waals surface area contributed by atoms with Crippen LogP contribution in [0.15, 0.2) is 67.0 Å². The number of hydrogen-bond acceptors (Lipinski definition) is 5. The molecule has 8 nitrogen and oxygen atoms in total. The Morgan fingerprint density at radius 1 is 1.13 bits per heavy atom. The summed E-state index contributed by atoms with van der Waals surface area (Å²) in [5, 5.41) is 7.23. The van der Waals surface area contributed by atoms with E-state index in [1.807, 2.05) is 54.5 Å². The first-order valence-corrected chi connectivity index (χ1v) is 9.97. The first-order valence-electron chi connectivity index (χ1n) is 9.97. The second kappa shape index (κ2) is 8.23. The monoisotopic (exact) mass is 419 g/mol. The van der Waals surface area contributed by atoms with Gasteiger partial charge in [-0.15, -0.1) is 0 Å². The van der Waals surface area contributed by atoms with E-state index in [9.17, 15) is 9.59 Å². The van der Waals surface area contributed by atoms with Gasteiger partial charge in [0, 0.05) is 18.3 Å². The van der Waals surface area contributed by atoms with Crippen LogP contribution in [-0.2, 0) is 16.9 Å². The highest BCUT2D eigenvalue weighted by molar-refractivity contribution is 6.07. The molecular weight excluding hydrogens is 394 g/mol. The molecule has 3 aromatic rings. The van der Waals surface area contributed by atoms with Crippen molar-refractivity contribution in [1.82, 2.24) is 24.9 Å². The summed E-state index contributed by atoms with van der Waals surface area (Å²) in [5.41, 5.74) is 1.50. The first kappa shape index (κ1) is 20.6. The van der Waals surface area contributed by atoms with E-state index in [0.717, 1.165) is 11.3 Å². The maximum atomic E-state index is 13.2. The summed E-state index contributed by atoms with van der Waals surface area (Å²) in [6.07, 6.45) is 3.73. The summed E-state index contributed by atoms with van der Waals surface area (Å²) >= 11 is 0. The predicted molar refractivity (Wildman–Crippen MR) is 116 cm³/mol. The Bertz CT molecular complexity index is 1100. The summed E-state index contributed by atoms with van der Waals surface area (Å²) in [6, 6.07) is 16.6. The van der Waals surface area contributed by atoms with Crippen LogP contribution in [0.3, 0.4) is 0 Å². The molecule has 1 aromatic heterocycles. The lowest BCUT2D eigenvalue weighted by Gasteiger charge is -2.24. The highest BCUT2D eigenvalue weighted by atomic mass is 16.5. The summed E-state index contributed by atoms with van der Waals surface area (Å²) < 4.78 is 7.06. The van der Waals surface area contributed by atoms with Crippen LogP contribution in [0.2, 0.25) is 0 Å². The topological polar surface area (TPSA) is 79.7 Å². The van der Waals surface area contributed by atoms with Gasteiger partial charge in [0.1, 0.15) is 11.3 Å². The Morgan fingerprint density at radius 2 is 1.90 bits per heavy atom. The number of hydrogen-bond donors (Lipinski definition) is 1. The van der Waals surface area contributed by atoms with Crippen LogP contribution in [-0.4, -0.2) is 52.3 Å². The van der Waals surface area contributed by atoms with E-state index in [4.69, 9.17) is 4.74 Å². The fourth-order valence-electron chi connectivity index (χ4n) is 3.72. The Balaban J connectivity index is 1.45. The molecule has 31 heavy (non-hydrogen) atoms. The Kier molecular flexibility index (Phi) is 5.48. The number of carbonyl (C=O) groups excluding carboxylic acids is 2. The van der Waals surface area contributed by atoms with Gasteiger partial charge in [-0.3, -0.25) is 9.69 Å². The predicted octanol–water partition coefficient (Wildman–Crippen LogP) is 2.74. The van der Waals surface area contributed by atoms with Crippen molar-refractivity contribution < 1.29 is 14.3 Å². The third kappa shape index (κ3) is 4.02. The van der Waals surface area contributed by atoms with E-state index < -0.39 is 11.6 Å². The van der Waals surface area contributed by atoms with Crippen molar-refractivity contribution in [2.24, 2.45) is 0 Å². The third-order valence-corrected chi connectivity index (χ3v) is 5.41. The van der Waals surface area contributed by atoms with E-state index in [0.29, 0.717) is 17.9 Å². The Morgan fingerprint density at radius 3 is 2.65 bits per heavy atom. The van der Waals surface area contributed by atoms with Crippen molar-refractivity contribution in [3.05, 3.63) is 78.1 Å². The molecule has 2 aromatic carbocycles. The molecular formula is C23H25N5O3. The normalized spacial score (nSPS) is 18.5. The van der Waals surface area contributed by atoms with Crippen molar-refractivity contribution >= 4 is 11.9 Å². The molecule has 2 heterocycles. The van der Waals surface area contributed by atoms with Gasteiger partial charge in [0.2, 0.25) is 0 Å². The minimum atomic E-state index is -1.13. The molecule has 4 rings (SSSR count). The number of carbonyl (C=O) groups is 2. The number of nitrogens with zero attached hydrogens (tertiary/aromatic N) is 4. The number of ether oxygens (including phenoxy) is 1. The lowest BCUT2D eigenvalue weighted by atomic mass is 9.92. The smallest absolute Gasteiger partial charge is 0.326 e. The van der Waals surface area contributed by atoms with Crippen LogP contribution in [0, 0.1) is 0 Å². The highest BCUT2D eigenvalue weighted by Gasteiger charge is 2.49. The zero-order chi connectivity index (χ0) is 22.0. The van der Waals surface area contributed by atoms with Gasteiger partial charge in [-0.05, 0) is 43.8 Å². The van der Waals surface area contributed by atoms with Gasteiger partial charge in [0.15, 0.2) is 0 Å². The maximum absolute atomic E-state index is 13.2. The van der Waals surface area contributed by atoms with Crippen LogP contribution in [0.1, 0.15) is 18.1 Å². The molecule has 3 amide bonds. The number of amides is 3. The van der Waals surface area contributed by atoms with Gasteiger partial charge in [0.25, 0.3) is 5.91 Å². The van der Waals surface area contributed by atoms with E-state index in [1.54, 1.807) is 43.1 Å². The van der Waals surface area contributed by atoms with Crippen LogP contribution >= 0.6 is 0 Å². The number of rotatable bonds is 7. The van der Waals surface area contributed by atoms with Gasteiger partial charge < -0.3 is 10.1 Å². The Labute approximate surface area is 181 Å². The molecule has 1 aliphatic rings. The molecule has 160 valence electrons. The minimum Gasteiger partial charge on any atom is -0.497 e. The minimum absolute atomic E-state index is 0.167. The SMILES string of the molecule is COc1cccc([C@]2(C)NC(=O)N(CN(C)Cc3cnn(-c4ccccc4)c3)C2=O)c1. The zero-order valence-electron chi connectivity index (χ0n) is 17.8. The first-order chi connectivity index (χ1) is 14.9. The summed E-state index contributed by atoms with van der Waals surface area (Å²) in [5.74, 6) is 0.337. The van der Waals surface area contributed by atoms with Crippen LogP contribution in [0.25, 0.3) is 5.69 Å². The van der Waals surface area contributed by atoms with Crippen molar-refractivity contribution in [2.75, 3.05) is 20.8 Å². The maximum Gasteiger partial charge on any atom is 0.326 e. The van der Waals surface area contributed by atoms with Crippen LogP contribution in [0.4, 0.5) is 4.79 Å². The second-order valence-corrected chi connectivity index (χ2v) is 7.80. The third-order valence-electron chi connectivity index (χ3n) is 5.41. The fraction of sp³-hybridized carbons (Fsp3) is 0.261. The molecule has 0 aliphatic carbocycles. The fourth-order valence-corrected chi connectivity index (χ4v) is 3.72. The number of nitrogens with one attached hydrogen (secondary N) is 1. The van der Waals surface area contributed by atoms with Gasteiger partial charge >= 0.3 is 6.03 Å². The average molecular weight is 419 g/mol. The van der Waals surface area contributed by atoms with Gasteiger partial charge in [0.05, 0.1) is 25.7 Å². The zero-order valence-corrected chi connectivity index (χ0v) is 17.8. The molecule has 0 saturated carbocycles. The van der Waals surface area contributed by atoms with E-state index >= 15 is 0 Å². The molecule has 8 heteroatoms. The largest absolute Gasteiger partial charge is 0.497 e. The number of benzene rings is 2. The van der Waals surface area contributed by atoms with Crippen LogP contribution < -0.4 is 10.1 Å². The van der Waals surface area contributed by atoms with Crippen molar-refractivity contribution in [1.29, 1.82) is 0 Å². The Hall–Kier alpha value is -3.65. The second-order valence-electron chi connectivity index (χ2n) is 7.80.